The third-order valence-electron chi connectivity index (χ3n) is 3.22. The van der Waals surface area contributed by atoms with Crippen LogP contribution in [0.15, 0.2) is 58.5 Å². The Morgan fingerprint density at radius 2 is 1.84 bits per heavy atom. The van der Waals surface area contributed by atoms with Gasteiger partial charge in [0.15, 0.2) is 0 Å². The number of hydrazone groups is 1. The molecule has 0 aliphatic carbocycles. The number of para-hydroxylation sites is 1. The summed E-state index contributed by atoms with van der Waals surface area (Å²) < 4.78 is 38.3. The number of anilines is 1. The number of hydrogen-bond acceptors (Lipinski definition) is 7. The number of nitrogens with two attached hydrogens (primary N) is 1. The lowest BCUT2D eigenvalue weighted by Gasteiger charge is -2.15. The first-order valence-corrected chi connectivity index (χ1v) is 8.29. The number of ether oxygens (including phenoxy) is 1. The summed E-state index contributed by atoms with van der Waals surface area (Å²) in [6, 6.07) is 12.4. The van der Waals surface area contributed by atoms with Crippen LogP contribution in [0, 0.1) is 0 Å². The molecule has 3 rings (SSSR count). The molecular weight excluding hydrogens is 348 g/mol. The van der Waals surface area contributed by atoms with Gasteiger partial charge in [-0.25, -0.2) is 0 Å². The van der Waals surface area contributed by atoms with Gasteiger partial charge in [-0.05, 0) is 30.3 Å². The van der Waals surface area contributed by atoms with Crippen molar-refractivity contribution in [3.05, 3.63) is 48.5 Å². The fourth-order valence-corrected chi connectivity index (χ4v) is 2.81. The van der Waals surface area contributed by atoms with Gasteiger partial charge in [-0.2, -0.15) is 18.5 Å². The van der Waals surface area contributed by atoms with E-state index in [1.165, 1.54) is 12.1 Å². The maximum atomic E-state index is 11.8. The lowest BCUT2D eigenvalue weighted by Crippen LogP contribution is -2.20. The van der Waals surface area contributed by atoms with E-state index < -0.39 is 20.9 Å². The number of amides is 1. The van der Waals surface area contributed by atoms with Gasteiger partial charge in [-0.1, -0.05) is 18.2 Å². The van der Waals surface area contributed by atoms with Gasteiger partial charge in [-0.3, -0.25) is 9.35 Å². The molecule has 6 N–H and O–H groups in total. The number of hydrogen-bond donors (Lipinski definition) is 3. The molecule has 1 heterocycles. The molecule has 2 aromatic rings. The van der Waals surface area contributed by atoms with Gasteiger partial charge in [0.2, 0.25) is 0 Å². The van der Waals surface area contributed by atoms with Crippen LogP contribution in [0.25, 0.3) is 0 Å². The molecule has 10 heteroatoms. The van der Waals surface area contributed by atoms with Gasteiger partial charge in [0.05, 0.1) is 12.1 Å². The van der Waals surface area contributed by atoms with E-state index in [0.29, 0.717) is 5.75 Å². The standard InChI is InChI=1S/C15H13N3O5S.H3N/c16-14-9-15(19)18(17-14)10-6-7-12(13(8-10)24(20,21)22)23-11-4-2-1-3-5-11;/h1-8H,9H2,(H2,16,17)(H,20,21,22);1H3. The van der Waals surface area contributed by atoms with E-state index in [1.54, 1.807) is 30.3 Å². The number of carbonyl (C=O) groups excluding carboxylic acids is 1. The number of nitrogens with zero attached hydrogens (tertiary/aromatic N) is 2. The second-order valence-electron chi connectivity index (χ2n) is 4.99. The highest BCUT2D eigenvalue weighted by Crippen LogP contribution is 2.33. The average Bonchev–Trinajstić information content (AvgIpc) is 2.86. The summed E-state index contributed by atoms with van der Waals surface area (Å²) in [7, 11) is -4.58. The monoisotopic (exact) mass is 364 g/mol. The van der Waals surface area contributed by atoms with E-state index in [0.717, 1.165) is 11.1 Å². The van der Waals surface area contributed by atoms with Gasteiger partial charge in [0.1, 0.15) is 22.2 Å². The Balaban J connectivity index is 0.00000225. The number of carbonyl (C=O) groups is 1. The zero-order valence-electron chi connectivity index (χ0n) is 13.0. The Kier molecular flexibility index (Phi) is 5.07. The highest BCUT2D eigenvalue weighted by Gasteiger charge is 2.26. The number of amidine groups is 1. The van der Waals surface area contributed by atoms with Crippen molar-refractivity contribution in [2.45, 2.75) is 11.3 Å². The predicted molar refractivity (Wildman–Crippen MR) is 91.5 cm³/mol. The molecule has 0 radical (unpaired) electrons. The fraction of sp³-hybridized carbons (Fsp3) is 0.0667. The third kappa shape index (κ3) is 3.94. The van der Waals surface area contributed by atoms with Crippen LogP contribution in [-0.4, -0.2) is 24.7 Å². The zero-order chi connectivity index (χ0) is 17.3. The minimum Gasteiger partial charge on any atom is -0.456 e. The number of benzene rings is 2. The van der Waals surface area contributed by atoms with Crippen molar-refractivity contribution in [3.8, 4) is 11.5 Å². The summed E-state index contributed by atoms with van der Waals surface area (Å²) in [5.41, 5.74) is 5.66. The Hall–Kier alpha value is -2.95. The summed E-state index contributed by atoms with van der Waals surface area (Å²) in [6.45, 7) is 0. The third-order valence-corrected chi connectivity index (χ3v) is 4.09. The molecule has 1 amide bonds. The van der Waals surface area contributed by atoms with Crippen molar-refractivity contribution < 1.29 is 22.5 Å². The van der Waals surface area contributed by atoms with Crippen molar-refractivity contribution in [2.75, 3.05) is 5.01 Å². The van der Waals surface area contributed by atoms with Crippen molar-refractivity contribution in [1.29, 1.82) is 0 Å². The maximum Gasteiger partial charge on any atom is 0.298 e. The van der Waals surface area contributed by atoms with Crippen molar-refractivity contribution in [2.24, 2.45) is 10.8 Å². The van der Waals surface area contributed by atoms with Gasteiger partial charge < -0.3 is 16.6 Å². The predicted octanol–water partition coefficient (Wildman–Crippen LogP) is 1.90. The van der Waals surface area contributed by atoms with E-state index in [2.05, 4.69) is 5.10 Å². The van der Waals surface area contributed by atoms with Gasteiger partial charge >= 0.3 is 0 Å². The summed E-state index contributed by atoms with van der Waals surface area (Å²) in [5.74, 6) is 0.0502. The molecule has 0 unspecified atom stereocenters. The Morgan fingerprint density at radius 1 is 1.16 bits per heavy atom. The first-order valence-electron chi connectivity index (χ1n) is 6.85. The molecule has 2 aromatic carbocycles. The molecule has 0 fully saturated rings. The molecule has 0 bridgehead atoms. The normalized spacial score (nSPS) is 14.0. The molecular formula is C15H16N4O5S. The van der Waals surface area contributed by atoms with E-state index in [-0.39, 0.29) is 29.8 Å². The van der Waals surface area contributed by atoms with E-state index in [9.17, 15) is 17.8 Å². The molecule has 1 aliphatic heterocycles. The van der Waals surface area contributed by atoms with Crippen molar-refractivity contribution in [3.63, 3.8) is 0 Å². The summed E-state index contributed by atoms with van der Waals surface area (Å²) >= 11 is 0. The van der Waals surface area contributed by atoms with Crippen LogP contribution in [0.2, 0.25) is 0 Å². The second kappa shape index (κ2) is 6.89. The largest absolute Gasteiger partial charge is 0.456 e. The van der Waals surface area contributed by atoms with Crippen LogP contribution < -0.4 is 21.6 Å². The molecule has 0 saturated heterocycles. The van der Waals surface area contributed by atoms with E-state index in [4.69, 9.17) is 10.5 Å². The Morgan fingerprint density at radius 3 is 2.40 bits per heavy atom. The van der Waals surface area contributed by atoms with Crippen molar-refractivity contribution >= 4 is 27.5 Å². The van der Waals surface area contributed by atoms with Crippen LogP contribution in [0.5, 0.6) is 11.5 Å². The maximum absolute atomic E-state index is 11.8. The van der Waals surface area contributed by atoms with E-state index >= 15 is 0 Å². The van der Waals surface area contributed by atoms with E-state index in [1.807, 2.05) is 0 Å². The van der Waals surface area contributed by atoms with Gasteiger partial charge in [-0.15, -0.1) is 0 Å². The minimum absolute atomic E-state index is 0. The molecule has 0 atom stereocenters. The molecule has 1 aliphatic rings. The average molecular weight is 364 g/mol. The van der Waals surface area contributed by atoms with Crippen LogP contribution in [0.1, 0.15) is 6.42 Å². The quantitative estimate of drug-likeness (QED) is 0.699. The molecule has 0 saturated carbocycles. The first kappa shape index (κ1) is 18.4. The first-order chi connectivity index (χ1) is 11.3. The summed E-state index contributed by atoms with van der Waals surface area (Å²) in [4.78, 5) is 11.3. The highest BCUT2D eigenvalue weighted by atomic mass is 32.2. The lowest BCUT2D eigenvalue weighted by atomic mass is 10.2. The van der Waals surface area contributed by atoms with Gasteiger partial charge in [0.25, 0.3) is 16.0 Å². The fourth-order valence-electron chi connectivity index (χ4n) is 2.18. The van der Waals surface area contributed by atoms with Crippen molar-refractivity contribution in [1.82, 2.24) is 6.15 Å². The Bertz CT molecular complexity index is 928. The lowest BCUT2D eigenvalue weighted by molar-refractivity contribution is -0.116. The molecule has 9 nitrogen and oxygen atoms in total. The SMILES string of the molecule is N.NC1=NN(c2ccc(Oc3ccccc3)c(S(=O)(=O)O)c2)C(=O)C1. The van der Waals surface area contributed by atoms with Gasteiger partial charge in [0, 0.05) is 0 Å². The molecule has 0 spiro atoms. The Labute approximate surface area is 144 Å². The zero-order valence-corrected chi connectivity index (χ0v) is 13.8. The number of rotatable bonds is 4. The van der Waals surface area contributed by atoms with Crippen LogP contribution in [0.4, 0.5) is 5.69 Å². The van der Waals surface area contributed by atoms with Crippen LogP contribution in [0.3, 0.4) is 0 Å². The highest BCUT2D eigenvalue weighted by molar-refractivity contribution is 7.86. The van der Waals surface area contributed by atoms with Crippen LogP contribution in [-0.2, 0) is 14.9 Å². The molecule has 0 aromatic heterocycles. The molecule has 132 valence electrons. The summed E-state index contributed by atoms with van der Waals surface area (Å²) in [6.07, 6.45) is -0.0521. The van der Waals surface area contributed by atoms with Crippen LogP contribution >= 0.6 is 0 Å². The topological polar surface area (TPSA) is 157 Å². The summed E-state index contributed by atoms with van der Waals surface area (Å²) in [5, 5.41) is 4.82. The molecule has 25 heavy (non-hydrogen) atoms. The second-order valence-corrected chi connectivity index (χ2v) is 6.38. The minimum atomic E-state index is -4.58. The smallest absolute Gasteiger partial charge is 0.298 e.